The van der Waals surface area contributed by atoms with Gasteiger partial charge < -0.3 is 34.2 Å². The minimum Gasteiger partial charge on any atom is -0.463 e. The zero-order valence-electron chi connectivity index (χ0n) is 68.9. The van der Waals surface area contributed by atoms with Crippen LogP contribution in [0.15, 0.2) is 134 Å². The molecule has 18 heteroatoms. The van der Waals surface area contributed by atoms with Crippen molar-refractivity contribution < 1.29 is 75.8 Å². The van der Waals surface area contributed by atoms with Crippen LogP contribution >= 0.6 is 15.6 Å². The number of allylic oxidation sites excluding steroid dienone is 22. The van der Waals surface area contributed by atoms with Gasteiger partial charge in [0, 0.05) is 19.3 Å². The number of unbranched alkanes of at least 4 members (excludes halogenated alkanes) is 37. The first kappa shape index (κ1) is 105. The summed E-state index contributed by atoms with van der Waals surface area (Å²) < 4.78 is 61.2. The van der Waals surface area contributed by atoms with E-state index >= 15 is 0 Å². The van der Waals surface area contributed by atoms with E-state index in [-0.39, 0.29) is 19.3 Å². The Kier molecular flexibility index (Phi) is 79.8. The maximum absolute atomic E-state index is 13.0. The third-order valence-corrected chi connectivity index (χ3v) is 20.2. The first-order valence-corrected chi connectivity index (χ1v) is 46.5. The van der Waals surface area contributed by atoms with Crippen LogP contribution in [0.5, 0.6) is 0 Å². The minimum atomic E-state index is -4.94. The van der Waals surface area contributed by atoms with Crippen LogP contribution < -0.4 is 0 Å². The lowest BCUT2D eigenvalue weighted by molar-refractivity contribution is -0.161. The molecule has 0 bridgehead atoms. The Labute approximate surface area is 665 Å². The summed E-state index contributed by atoms with van der Waals surface area (Å²) in [6.07, 6.45) is 102. The molecule has 628 valence electrons. The van der Waals surface area contributed by atoms with Crippen molar-refractivity contribution in [2.24, 2.45) is 0 Å². The number of phosphoric acid groups is 2. The average molecular weight is 1570 g/mol. The lowest BCUT2D eigenvalue weighted by Crippen LogP contribution is -2.30. The number of carbonyl (C=O) groups is 3. The number of phosphoric ester groups is 2. The summed E-state index contributed by atoms with van der Waals surface area (Å²) in [5.41, 5.74) is 0. The molecule has 16 nitrogen and oxygen atoms in total. The van der Waals surface area contributed by atoms with Gasteiger partial charge in [0.05, 0.1) is 26.4 Å². The van der Waals surface area contributed by atoms with E-state index in [1.807, 2.05) is 0 Å². The molecule has 109 heavy (non-hydrogen) atoms. The normalized spacial score (nSPS) is 14.5. The van der Waals surface area contributed by atoms with E-state index in [9.17, 15) is 43.5 Å². The second kappa shape index (κ2) is 83.1. The first-order valence-electron chi connectivity index (χ1n) is 43.5. The van der Waals surface area contributed by atoms with Gasteiger partial charge in [0.1, 0.15) is 25.4 Å². The summed E-state index contributed by atoms with van der Waals surface area (Å²) in [6.45, 7) is 2.54. The van der Waals surface area contributed by atoms with Crippen molar-refractivity contribution in [3.05, 3.63) is 134 Å². The summed E-state index contributed by atoms with van der Waals surface area (Å²) in [7, 11) is -9.80. The third-order valence-electron chi connectivity index (χ3n) is 18.3. The summed E-state index contributed by atoms with van der Waals surface area (Å²) in [6, 6.07) is 0. The maximum atomic E-state index is 13.0. The lowest BCUT2D eigenvalue weighted by Gasteiger charge is -2.21. The molecule has 4 N–H and O–H groups in total. The van der Waals surface area contributed by atoms with Crippen molar-refractivity contribution in [2.75, 3.05) is 39.6 Å². The molecule has 0 heterocycles. The zero-order valence-corrected chi connectivity index (χ0v) is 70.7. The van der Waals surface area contributed by atoms with Gasteiger partial charge in [-0.15, -0.1) is 0 Å². The van der Waals surface area contributed by atoms with Gasteiger partial charge in [0.15, 0.2) is 6.10 Å². The summed E-state index contributed by atoms with van der Waals surface area (Å²) in [5, 5.41) is 20.7. The molecule has 0 fully saturated rings. The van der Waals surface area contributed by atoms with E-state index in [1.54, 1.807) is 0 Å². The van der Waals surface area contributed by atoms with Crippen molar-refractivity contribution in [3.63, 3.8) is 0 Å². The van der Waals surface area contributed by atoms with E-state index in [1.165, 1.54) is 154 Å². The Balaban J connectivity index is 4.43. The van der Waals surface area contributed by atoms with Crippen molar-refractivity contribution in [1.82, 2.24) is 0 Å². The molecule has 0 aliphatic rings. The first-order chi connectivity index (χ1) is 53.2. The van der Waals surface area contributed by atoms with Gasteiger partial charge in [-0.2, -0.15) is 0 Å². The van der Waals surface area contributed by atoms with E-state index in [2.05, 4.69) is 154 Å². The highest BCUT2D eigenvalue weighted by atomic mass is 31.2. The van der Waals surface area contributed by atoms with Crippen molar-refractivity contribution in [3.8, 4) is 0 Å². The molecule has 0 saturated heterocycles. The number of aliphatic hydroxyl groups is 2. The standard InChI is InChI=1S/C91H158O16P2/c1-4-7-10-13-16-19-22-25-27-29-31-33-35-37-39-40-41-42-43-44-46-48-49-51-53-55-57-60-62-65-68-71-74-77-89(94)101-80-86(92)81-103-108(97,98)104-82-87(93)83-105-109(99,100)106-85-88(107-91(96)79-76-73-70-67-64-59-24-21-18-15-12-9-6-3)84-102-90(95)78-75-72-69-66-63-61-58-56-54-52-50-47-45-38-36-34-32-30-28-26-23-20-17-14-11-8-5-2/h8,11,16-17,19-21,24-28,31-34,37-39,45,50,52,86-88,92-93H,4-7,9-10,12-15,18,22-23,29-30,35-36,40-44,46-49,51,53-85H2,1-3H3,(H,97,98)(H,99,100)/b11-8-,19-16-,20-17-,24-21-,27-25-,28-26-,33-31-,34-32-,39-37-,45-38-,52-50-. The van der Waals surface area contributed by atoms with Gasteiger partial charge in [-0.25, -0.2) is 9.13 Å². The highest BCUT2D eigenvalue weighted by molar-refractivity contribution is 7.47. The number of rotatable bonds is 82. The molecule has 5 unspecified atom stereocenters. The van der Waals surface area contributed by atoms with Gasteiger partial charge in [-0.1, -0.05) is 341 Å². The smallest absolute Gasteiger partial charge is 0.463 e. The van der Waals surface area contributed by atoms with E-state index in [0.29, 0.717) is 19.3 Å². The molecule has 0 amide bonds. The third kappa shape index (κ3) is 84.4. The van der Waals surface area contributed by atoms with Crippen molar-refractivity contribution in [1.29, 1.82) is 0 Å². The highest BCUT2D eigenvalue weighted by Gasteiger charge is 2.29. The molecule has 0 aliphatic carbocycles. The maximum Gasteiger partial charge on any atom is 0.472 e. The topological polar surface area (TPSA) is 231 Å². The van der Waals surface area contributed by atoms with Crippen molar-refractivity contribution in [2.45, 2.75) is 386 Å². The summed E-state index contributed by atoms with van der Waals surface area (Å²) in [4.78, 5) is 58.7. The van der Waals surface area contributed by atoms with Gasteiger partial charge in [0.25, 0.3) is 0 Å². The Hall–Kier alpha value is -4.31. The van der Waals surface area contributed by atoms with E-state index < -0.39 is 91.5 Å². The van der Waals surface area contributed by atoms with Crippen LogP contribution in [0.1, 0.15) is 367 Å². The van der Waals surface area contributed by atoms with E-state index in [4.69, 9.17) is 32.3 Å². The zero-order chi connectivity index (χ0) is 79.4. The van der Waals surface area contributed by atoms with Gasteiger partial charge in [-0.3, -0.25) is 32.5 Å². The van der Waals surface area contributed by atoms with Crippen LogP contribution in [0.3, 0.4) is 0 Å². The molecule has 0 aromatic heterocycles. The summed E-state index contributed by atoms with van der Waals surface area (Å²) in [5.74, 6) is -1.59. The lowest BCUT2D eigenvalue weighted by atomic mass is 10.0. The number of aliphatic hydroxyl groups excluding tert-OH is 2. The fraction of sp³-hybridized carbons (Fsp3) is 0.725. The Morgan fingerprint density at radius 2 is 0.486 bits per heavy atom. The average Bonchev–Trinajstić information content (AvgIpc) is 0.906. The van der Waals surface area contributed by atoms with Crippen LogP contribution in [-0.2, 0) is 55.8 Å². The second-order valence-corrected chi connectivity index (χ2v) is 31.9. The molecule has 0 saturated carbocycles. The number of hydrogen-bond acceptors (Lipinski definition) is 14. The number of hydrogen-bond donors (Lipinski definition) is 4. The molecule has 0 rings (SSSR count). The van der Waals surface area contributed by atoms with Gasteiger partial charge in [-0.05, 0) is 141 Å². The highest BCUT2D eigenvalue weighted by Crippen LogP contribution is 2.45. The molecule has 0 aliphatic heterocycles. The second-order valence-electron chi connectivity index (χ2n) is 29.0. The molecule has 5 atom stereocenters. The number of ether oxygens (including phenoxy) is 3. The predicted molar refractivity (Wildman–Crippen MR) is 454 cm³/mol. The Morgan fingerprint density at radius 1 is 0.266 bits per heavy atom. The quantitative estimate of drug-likeness (QED) is 0.0146. The van der Waals surface area contributed by atoms with Crippen LogP contribution in [0.2, 0.25) is 0 Å². The molecule has 0 aromatic rings. The Morgan fingerprint density at radius 3 is 0.798 bits per heavy atom. The molecule has 0 radical (unpaired) electrons. The molecule has 0 aromatic carbocycles. The van der Waals surface area contributed by atoms with Crippen LogP contribution in [0, 0.1) is 0 Å². The molecule has 0 spiro atoms. The van der Waals surface area contributed by atoms with Crippen LogP contribution in [0.25, 0.3) is 0 Å². The largest absolute Gasteiger partial charge is 0.472 e. The van der Waals surface area contributed by atoms with E-state index in [0.717, 1.165) is 154 Å². The fourth-order valence-corrected chi connectivity index (χ4v) is 13.3. The van der Waals surface area contributed by atoms with Crippen LogP contribution in [0.4, 0.5) is 0 Å². The van der Waals surface area contributed by atoms with Gasteiger partial charge in [0.2, 0.25) is 0 Å². The monoisotopic (exact) mass is 1570 g/mol. The summed E-state index contributed by atoms with van der Waals surface area (Å²) >= 11 is 0. The molecular formula is C91H158O16P2. The number of carbonyl (C=O) groups excluding carboxylic acids is 3. The van der Waals surface area contributed by atoms with Gasteiger partial charge >= 0.3 is 33.6 Å². The van der Waals surface area contributed by atoms with Crippen LogP contribution in [-0.4, -0.2) is 95.9 Å². The molecular weight excluding hydrogens is 1410 g/mol. The fourth-order valence-electron chi connectivity index (χ4n) is 11.7. The van der Waals surface area contributed by atoms with Crippen molar-refractivity contribution >= 4 is 33.6 Å². The predicted octanol–water partition coefficient (Wildman–Crippen LogP) is 26.2. The SMILES string of the molecule is CC/C=C\C/C=C\C/C=C\C/C=C\C/C=C\C/C=C\CCCCCCCCCCC(=O)OCC(COP(=O)(O)OCC(O)COP(=O)(O)OCC(O)COC(=O)CCCCCCCCCCCCCCCCCCC/C=C\C/C=C\C/C=C\C/C=C\CCCCC)OC(=O)CCCCCCC/C=C\CCCCCC. The Bertz CT molecular complexity index is 2510. The number of esters is 3. The minimum absolute atomic E-state index is 0.0909.